The van der Waals surface area contributed by atoms with Gasteiger partial charge in [0.1, 0.15) is 6.04 Å². The average Bonchev–Trinajstić information content (AvgIpc) is 3.01. The Morgan fingerprint density at radius 1 is 1.19 bits per heavy atom. The molecule has 26 heavy (non-hydrogen) atoms. The molecule has 0 unspecified atom stereocenters. The van der Waals surface area contributed by atoms with Crippen LogP contribution in [0.15, 0.2) is 42.5 Å². The van der Waals surface area contributed by atoms with Crippen LogP contribution in [0.25, 0.3) is 0 Å². The van der Waals surface area contributed by atoms with E-state index in [1.165, 1.54) is 13.0 Å². The minimum atomic E-state index is -3.71. The monoisotopic (exact) mass is 396 g/mol. The van der Waals surface area contributed by atoms with Crippen molar-refractivity contribution in [2.45, 2.75) is 13.0 Å². The molecule has 0 saturated carbocycles. The van der Waals surface area contributed by atoms with Crippen molar-refractivity contribution in [1.29, 1.82) is 0 Å². The summed E-state index contributed by atoms with van der Waals surface area (Å²) in [5.74, 6) is 0.618. The lowest BCUT2D eigenvalue weighted by Gasteiger charge is -2.28. The number of hydrogen-bond acceptors (Lipinski definition) is 5. The minimum absolute atomic E-state index is 0.125. The maximum absolute atomic E-state index is 12.6. The lowest BCUT2D eigenvalue weighted by Crippen LogP contribution is -2.45. The second-order valence-electron chi connectivity index (χ2n) is 5.77. The maximum Gasteiger partial charge on any atom is 0.247 e. The van der Waals surface area contributed by atoms with Gasteiger partial charge in [-0.15, -0.1) is 0 Å². The first-order chi connectivity index (χ1) is 12.3. The highest BCUT2D eigenvalue weighted by Gasteiger charge is 2.29. The standard InChI is InChI=1S/C17H17ClN2O5S/c1-11(20(26(2,22)23)14-5-3-4-12(18)8-14)17(21)19-13-6-7-15-16(9-13)25-10-24-15/h3-9,11H,10H2,1-2H3,(H,19,21)/t11-/m0/s1. The molecule has 0 aromatic heterocycles. The van der Waals surface area contributed by atoms with Crippen LogP contribution in [0.2, 0.25) is 5.02 Å². The molecule has 9 heteroatoms. The molecule has 0 spiro atoms. The lowest BCUT2D eigenvalue weighted by molar-refractivity contribution is -0.116. The summed E-state index contributed by atoms with van der Waals surface area (Å²) >= 11 is 5.96. The number of rotatable bonds is 5. The van der Waals surface area contributed by atoms with Gasteiger partial charge in [0.05, 0.1) is 11.9 Å². The van der Waals surface area contributed by atoms with E-state index in [-0.39, 0.29) is 6.79 Å². The fraction of sp³-hybridized carbons (Fsp3) is 0.235. The number of nitrogens with zero attached hydrogens (tertiary/aromatic N) is 1. The second kappa shape index (κ2) is 7.05. The number of ether oxygens (including phenoxy) is 2. The number of halogens is 1. The number of carbonyl (C=O) groups is 1. The van der Waals surface area contributed by atoms with Gasteiger partial charge in [-0.2, -0.15) is 0 Å². The van der Waals surface area contributed by atoms with Crippen LogP contribution in [0.3, 0.4) is 0 Å². The van der Waals surface area contributed by atoms with Crippen LogP contribution in [0.1, 0.15) is 6.92 Å². The maximum atomic E-state index is 12.6. The number of anilines is 2. The smallest absolute Gasteiger partial charge is 0.247 e. The van der Waals surface area contributed by atoms with E-state index in [2.05, 4.69) is 5.32 Å². The number of benzene rings is 2. The van der Waals surface area contributed by atoms with Crippen LogP contribution in [-0.4, -0.2) is 33.4 Å². The third-order valence-corrected chi connectivity index (χ3v) is 5.27. The van der Waals surface area contributed by atoms with E-state index in [9.17, 15) is 13.2 Å². The van der Waals surface area contributed by atoms with Gasteiger partial charge in [-0.1, -0.05) is 17.7 Å². The van der Waals surface area contributed by atoms with Crippen molar-refractivity contribution >= 4 is 38.9 Å². The molecular weight excluding hydrogens is 380 g/mol. The van der Waals surface area contributed by atoms with Gasteiger partial charge in [-0.3, -0.25) is 9.10 Å². The molecule has 2 aromatic rings. The van der Waals surface area contributed by atoms with Crippen molar-refractivity contribution in [3.63, 3.8) is 0 Å². The summed E-state index contributed by atoms with van der Waals surface area (Å²) in [5, 5.41) is 3.07. The molecular formula is C17H17ClN2O5S. The molecule has 3 rings (SSSR count). The first-order valence-corrected chi connectivity index (χ1v) is 9.94. The van der Waals surface area contributed by atoms with Crippen LogP contribution in [0.5, 0.6) is 11.5 Å². The number of amides is 1. The first-order valence-electron chi connectivity index (χ1n) is 7.71. The summed E-state index contributed by atoms with van der Waals surface area (Å²) in [7, 11) is -3.71. The van der Waals surface area contributed by atoms with Crippen LogP contribution in [0.4, 0.5) is 11.4 Å². The molecule has 1 amide bonds. The highest BCUT2D eigenvalue weighted by molar-refractivity contribution is 7.92. The molecule has 1 atom stereocenters. The molecule has 2 aromatic carbocycles. The van der Waals surface area contributed by atoms with Gasteiger partial charge in [-0.05, 0) is 37.3 Å². The number of nitrogens with one attached hydrogen (secondary N) is 1. The van der Waals surface area contributed by atoms with Crippen LogP contribution in [-0.2, 0) is 14.8 Å². The predicted molar refractivity (Wildman–Crippen MR) is 99.4 cm³/mol. The molecule has 7 nitrogen and oxygen atoms in total. The van der Waals surface area contributed by atoms with Crippen molar-refractivity contribution in [3.05, 3.63) is 47.5 Å². The third-order valence-electron chi connectivity index (χ3n) is 3.79. The van der Waals surface area contributed by atoms with Crippen molar-refractivity contribution < 1.29 is 22.7 Å². The molecule has 0 radical (unpaired) electrons. The Labute approximate surface area is 156 Å². The Kier molecular flexibility index (Phi) is 4.97. The average molecular weight is 397 g/mol. The van der Waals surface area contributed by atoms with Crippen molar-refractivity contribution in [2.75, 3.05) is 22.7 Å². The number of sulfonamides is 1. The van der Waals surface area contributed by atoms with Gasteiger partial charge in [-0.25, -0.2) is 8.42 Å². The van der Waals surface area contributed by atoms with E-state index in [4.69, 9.17) is 21.1 Å². The molecule has 138 valence electrons. The van der Waals surface area contributed by atoms with Gasteiger partial charge < -0.3 is 14.8 Å². The normalized spacial score (nSPS) is 14.0. The second-order valence-corrected chi connectivity index (χ2v) is 8.07. The van der Waals surface area contributed by atoms with Gasteiger partial charge in [0, 0.05) is 16.8 Å². The van der Waals surface area contributed by atoms with Gasteiger partial charge in [0.15, 0.2) is 11.5 Å². The van der Waals surface area contributed by atoms with E-state index >= 15 is 0 Å². The fourth-order valence-corrected chi connectivity index (χ4v) is 3.99. The SMILES string of the molecule is C[C@@H](C(=O)Nc1ccc2c(c1)OCO2)N(c1cccc(Cl)c1)S(C)(=O)=O. The molecule has 1 aliphatic heterocycles. The van der Waals surface area contributed by atoms with Crippen molar-refractivity contribution in [3.8, 4) is 11.5 Å². The molecule has 0 bridgehead atoms. The molecule has 1 heterocycles. The van der Waals surface area contributed by atoms with E-state index < -0.39 is 22.0 Å². The number of fused-ring (bicyclic) bond motifs is 1. The van der Waals surface area contributed by atoms with Crippen molar-refractivity contribution in [1.82, 2.24) is 0 Å². The fourth-order valence-electron chi connectivity index (χ4n) is 2.64. The summed E-state index contributed by atoms with van der Waals surface area (Å²) in [6, 6.07) is 10.3. The summed E-state index contributed by atoms with van der Waals surface area (Å²) in [6.07, 6.45) is 1.04. The third kappa shape index (κ3) is 3.86. The van der Waals surface area contributed by atoms with E-state index in [0.717, 1.165) is 10.6 Å². The van der Waals surface area contributed by atoms with E-state index in [1.807, 2.05) is 0 Å². The highest BCUT2D eigenvalue weighted by Crippen LogP contribution is 2.34. The minimum Gasteiger partial charge on any atom is -0.454 e. The Bertz CT molecular complexity index is 948. The summed E-state index contributed by atoms with van der Waals surface area (Å²) in [5.41, 5.74) is 0.791. The molecule has 1 N–H and O–H groups in total. The van der Waals surface area contributed by atoms with Gasteiger partial charge in [0.2, 0.25) is 22.7 Å². The Balaban J connectivity index is 1.84. The summed E-state index contributed by atoms with van der Waals surface area (Å²) < 4.78 is 36.0. The van der Waals surface area contributed by atoms with Crippen LogP contribution >= 0.6 is 11.6 Å². The molecule has 0 aliphatic carbocycles. The zero-order valence-electron chi connectivity index (χ0n) is 14.1. The largest absolute Gasteiger partial charge is 0.454 e. The first kappa shape index (κ1) is 18.3. The highest BCUT2D eigenvalue weighted by atomic mass is 35.5. The van der Waals surface area contributed by atoms with Crippen LogP contribution < -0.4 is 19.1 Å². The van der Waals surface area contributed by atoms with Crippen molar-refractivity contribution in [2.24, 2.45) is 0 Å². The van der Waals surface area contributed by atoms with Gasteiger partial charge in [0.25, 0.3) is 0 Å². The summed E-state index contributed by atoms with van der Waals surface area (Å²) in [4.78, 5) is 12.6. The Morgan fingerprint density at radius 3 is 2.62 bits per heavy atom. The van der Waals surface area contributed by atoms with Crippen LogP contribution in [0, 0.1) is 0 Å². The van der Waals surface area contributed by atoms with E-state index in [1.54, 1.807) is 36.4 Å². The quantitative estimate of drug-likeness (QED) is 0.839. The Hall–Kier alpha value is -2.45. The molecule has 0 fully saturated rings. The predicted octanol–water partition coefficient (Wildman–Crippen LogP) is 2.86. The van der Waals surface area contributed by atoms with E-state index in [0.29, 0.717) is 27.9 Å². The Morgan fingerprint density at radius 2 is 1.92 bits per heavy atom. The number of hydrogen-bond donors (Lipinski definition) is 1. The molecule has 0 saturated heterocycles. The zero-order valence-corrected chi connectivity index (χ0v) is 15.7. The van der Waals surface area contributed by atoms with Gasteiger partial charge >= 0.3 is 0 Å². The zero-order chi connectivity index (χ0) is 18.9. The summed E-state index contributed by atoms with van der Waals surface area (Å²) in [6.45, 7) is 1.63. The topological polar surface area (TPSA) is 84.9 Å². The number of carbonyl (C=O) groups excluding carboxylic acids is 1. The molecule has 1 aliphatic rings. The lowest BCUT2D eigenvalue weighted by atomic mass is 10.2.